The van der Waals surface area contributed by atoms with Crippen LogP contribution >= 0.6 is 0 Å². The number of hydrogen-bond acceptors (Lipinski definition) is 11. The van der Waals surface area contributed by atoms with E-state index in [2.05, 4.69) is 11.0 Å². The van der Waals surface area contributed by atoms with Crippen molar-refractivity contribution in [2.75, 3.05) is 84.6 Å². The zero-order valence-electron chi connectivity index (χ0n) is 29.9. The standard InChI is InChI=1S/C37H50N2O10S2/c1-28-6-13-33(14-7-28)51(42,43)39-23-32(27-49-50(4,40)41)37(31-11-8-29(9-12-31)25-46-21-20-45-3)36(24-39)48-26-30-10-15-35-34(22-30)38(17-19-47-35)16-5-18-44-2/h6-15,22,32,36-37H,5,16-21,23-27H2,1-4H3/t32-,36-,37-/m0/s1. The number of rotatable bonds is 18. The Hall–Kier alpha value is -3.08. The second-order valence-corrected chi connectivity index (χ2v) is 16.6. The number of aryl methyl sites for hydroxylation is 1. The van der Waals surface area contributed by atoms with Gasteiger partial charge in [-0.25, -0.2) is 8.42 Å². The Bertz CT molecular complexity index is 1770. The molecule has 0 aliphatic carbocycles. The van der Waals surface area contributed by atoms with Gasteiger partial charge in [-0.3, -0.25) is 4.18 Å². The van der Waals surface area contributed by atoms with Gasteiger partial charge in [0.2, 0.25) is 10.0 Å². The van der Waals surface area contributed by atoms with E-state index in [1.54, 1.807) is 38.5 Å². The van der Waals surface area contributed by atoms with Crippen LogP contribution in [0.4, 0.5) is 5.69 Å². The second-order valence-electron chi connectivity index (χ2n) is 13.0. The van der Waals surface area contributed by atoms with Gasteiger partial charge in [-0.15, -0.1) is 0 Å². The van der Waals surface area contributed by atoms with E-state index >= 15 is 0 Å². The van der Waals surface area contributed by atoms with Crippen LogP contribution in [0.5, 0.6) is 5.75 Å². The second kappa shape index (κ2) is 18.1. The van der Waals surface area contributed by atoms with Crippen LogP contribution in [-0.4, -0.2) is 107 Å². The molecule has 0 bridgehead atoms. The van der Waals surface area contributed by atoms with Crippen molar-refractivity contribution >= 4 is 25.8 Å². The molecule has 0 radical (unpaired) electrons. The van der Waals surface area contributed by atoms with Gasteiger partial charge in [-0.05, 0) is 54.3 Å². The molecule has 12 nitrogen and oxygen atoms in total. The number of methoxy groups -OCH3 is 2. The van der Waals surface area contributed by atoms with Gasteiger partial charge < -0.3 is 28.6 Å². The highest BCUT2D eigenvalue weighted by Crippen LogP contribution is 2.39. The molecular formula is C37H50N2O10S2. The highest BCUT2D eigenvalue weighted by Gasteiger charge is 2.43. The third-order valence-corrected chi connectivity index (χ3v) is 11.6. The molecule has 2 aliphatic rings. The van der Waals surface area contributed by atoms with Crippen LogP contribution < -0.4 is 9.64 Å². The zero-order valence-corrected chi connectivity index (χ0v) is 31.5. The zero-order chi connectivity index (χ0) is 36.4. The van der Waals surface area contributed by atoms with Crippen LogP contribution in [-0.2, 0) is 56.5 Å². The molecular weight excluding hydrogens is 697 g/mol. The van der Waals surface area contributed by atoms with Crippen molar-refractivity contribution < 1.29 is 44.7 Å². The number of ether oxygens (including phenoxy) is 5. The molecule has 2 aliphatic heterocycles. The first-order chi connectivity index (χ1) is 24.5. The first-order valence-corrected chi connectivity index (χ1v) is 20.4. The average molecular weight is 747 g/mol. The Balaban J connectivity index is 1.46. The van der Waals surface area contributed by atoms with Crippen molar-refractivity contribution in [2.45, 2.75) is 43.5 Å². The Labute approximate surface area is 302 Å². The molecule has 5 rings (SSSR count). The van der Waals surface area contributed by atoms with E-state index in [1.165, 1.54) is 4.31 Å². The number of fused-ring (bicyclic) bond motifs is 1. The Morgan fingerprint density at radius 3 is 2.27 bits per heavy atom. The van der Waals surface area contributed by atoms with Crippen molar-refractivity contribution in [1.29, 1.82) is 0 Å². The molecule has 0 saturated carbocycles. The van der Waals surface area contributed by atoms with Crippen LogP contribution in [0, 0.1) is 12.8 Å². The molecule has 0 spiro atoms. The lowest BCUT2D eigenvalue weighted by molar-refractivity contribution is -0.0327. The minimum Gasteiger partial charge on any atom is -0.490 e. The van der Waals surface area contributed by atoms with Gasteiger partial charge in [0.15, 0.2) is 0 Å². The van der Waals surface area contributed by atoms with Crippen molar-refractivity contribution in [2.24, 2.45) is 5.92 Å². The topological polar surface area (TPSA) is 130 Å². The molecule has 280 valence electrons. The van der Waals surface area contributed by atoms with Crippen LogP contribution in [0.2, 0.25) is 0 Å². The number of anilines is 1. The molecule has 3 atom stereocenters. The summed E-state index contributed by atoms with van der Waals surface area (Å²) < 4.78 is 88.0. The van der Waals surface area contributed by atoms with E-state index in [4.69, 9.17) is 27.9 Å². The van der Waals surface area contributed by atoms with E-state index in [0.717, 1.165) is 59.5 Å². The highest BCUT2D eigenvalue weighted by molar-refractivity contribution is 7.89. The Kier molecular flexibility index (Phi) is 13.9. The van der Waals surface area contributed by atoms with Crippen LogP contribution in [0.15, 0.2) is 71.6 Å². The van der Waals surface area contributed by atoms with E-state index < -0.39 is 32.2 Å². The number of hydrogen-bond donors (Lipinski definition) is 0. The van der Waals surface area contributed by atoms with Crippen molar-refractivity contribution in [3.8, 4) is 5.75 Å². The minimum absolute atomic E-state index is 0.0464. The van der Waals surface area contributed by atoms with E-state index in [-0.39, 0.29) is 37.1 Å². The fraction of sp³-hybridized carbons (Fsp3) is 0.514. The normalized spacial score (nSPS) is 19.8. The summed E-state index contributed by atoms with van der Waals surface area (Å²) in [6.07, 6.45) is 1.23. The summed E-state index contributed by atoms with van der Waals surface area (Å²) >= 11 is 0. The number of sulfonamides is 1. The van der Waals surface area contributed by atoms with Crippen LogP contribution in [0.1, 0.15) is 34.6 Å². The highest BCUT2D eigenvalue weighted by atomic mass is 32.2. The number of benzene rings is 3. The third-order valence-electron chi connectivity index (χ3n) is 9.17. The summed E-state index contributed by atoms with van der Waals surface area (Å²) in [5, 5.41) is 0. The van der Waals surface area contributed by atoms with Gasteiger partial charge in [0.25, 0.3) is 10.1 Å². The maximum absolute atomic E-state index is 14.1. The van der Waals surface area contributed by atoms with Crippen LogP contribution in [0.3, 0.4) is 0 Å². The summed E-state index contributed by atoms with van der Waals surface area (Å²) in [7, 11) is -4.45. The van der Waals surface area contributed by atoms with E-state index in [9.17, 15) is 16.8 Å². The fourth-order valence-electron chi connectivity index (χ4n) is 6.55. The van der Waals surface area contributed by atoms with Gasteiger partial charge in [0.1, 0.15) is 12.4 Å². The van der Waals surface area contributed by atoms with Gasteiger partial charge in [-0.2, -0.15) is 12.7 Å². The minimum atomic E-state index is -3.95. The Morgan fingerprint density at radius 2 is 1.57 bits per heavy atom. The lowest BCUT2D eigenvalue weighted by Crippen LogP contribution is -2.52. The first kappa shape index (κ1) is 39.1. The molecule has 0 aromatic heterocycles. The largest absolute Gasteiger partial charge is 0.490 e. The molecule has 14 heteroatoms. The molecule has 0 unspecified atom stereocenters. The third kappa shape index (κ3) is 10.7. The molecule has 2 heterocycles. The predicted octanol–water partition coefficient (Wildman–Crippen LogP) is 4.36. The van der Waals surface area contributed by atoms with E-state index in [0.29, 0.717) is 33.0 Å². The monoisotopic (exact) mass is 746 g/mol. The molecule has 3 aromatic rings. The molecule has 1 fully saturated rings. The maximum Gasteiger partial charge on any atom is 0.264 e. The average Bonchev–Trinajstić information content (AvgIpc) is 3.12. The quantitative estimate of drug-likeness (QED) is 0.136. The maximum atomic E-state index is 14.1. The summed E-state index contributed by atoms with van der Waals surface area (Å²) in [4.78, 5) is 2.44. The summed E-state index contributed by atoms with van der Waals surface area (Å²) in [6.45, 7) is 6.19. The van der Waals surface area contributed by atoms with Crippen molar-refractivity contribution in [3.63, 3.8) is 0 Å². The SMILES string of the molecule is COCCCN1CCOc2ccc(CO[C@H]3CN(S(=O)(=O)c4ccc(C)cc4)C[C@@H](COS(C)(=O)=O)[C@@H]3c3ccc(COCCOC)cc3)cc21. The van der Waals surface area contributed by atoms with Gasteiger partial charge in [0.05, 0.1) is 62.5 Å². The molecule has 1 saturated heterocycles. The molecule has 3 aromatic carbocycles. The number of nitrogens with zero attached hydrogens (tertiary/aromatic N) is 2. The number of piperidine rings is 1. The van der Waals surface area contributed by atoms with Gasteiger partial charge >= 0.3 is 0 Å². The lowest BCUT2D eigenvalue weighted by Gasteiger charge is -2.43. The van der Waals surface area contributed by atoms with E-state index in [1.807, 2.05) is 43.3 Å². The molecule has 0 N–H and O–H groups in total. The van der Waals surface area contributed by atoms with Crippen molar-refractivity contribution in [1.82, 2.24) is 4.31 Å². The van der Waals surface area contributed by atoms with Gasteiger partial charge in [0, 0.05) is 52.3 Å². The predicted molar refractivity (Wildman–Crippen MR) is 194 cm³/mol. The fourth-order valence-corrected chi connectivity index (χ4v) is 8.48. The molecule has 51 heavy (non-hydrogen) atoms. The smallest absolute Gasteiger partial charge is 0.264 e. The lowest BCUT2D eigenvalue weighted by atomic mass is 9.79. The summed E-state index contributed by atoms with van der Waals surface area (Å²) in [6, 6.07) is 20.5. The Morgan fingerprint density at radius 1 is 0.843 bits per heavy atom. The van der Waals surface area contributed by atoms with Crippen LogP contribution in [0.25, 0.3) is 0 Å². The first-order valence-electron chi connectivity index (χ1n) is 17.2. The molecule has 0 amide bonds. The van der Waals surface area contributed by atoms with Gasteiger partial charge in [-0.1, -0.05) is 48.0 Å². The van der Waals surface area contributed by atoms with Crippen molar-refractivity contribution in [3.05, 3.63) is 89.0 Å². The summed E-state index contributed by atoms with van der Waals surface area (Å²) in [5.74, 6) is -0.125. The summed E-state index contributed by atoms with van der Waals surface area (Å²) in [5.41, 5.74) is 4.67.